The summed E-state index contributed by atoms with van der Waals surface area (Å²) in [6.45, 7) is 2.03. The summed E-state index contributed by atoms with van der Waals surface area (Å²) in [6.07, 6.45) is -3.58. The predicted molar refractivity (Wildman–Crippen MR) is 101 cm³/mol. The lowest BCUT2D eigenvalue weighted by molar-refractivity contribution is -0.143. The van der Waals surface area contributed by atoms with Crippen molar-refractivity contribution in [2.24, 2.45) is 0 Å². The average Bonchev–Trinajstić information content (AvgIpc) is 2.61. The zero-order valence-electron chi connectivity index (χ0n) is 14.7. The molecule has 0 bridgehead atoms. The zero-order valence-corrected chi connectivity index (χ0v) is 16.3. The SMILES string of the molecule is CCOC(=O)CCCNc1nc(Nc2ccc(Cl)c(Cl)c2)ncc1C(F)(F)F. The van der Waals surface area contributed by atoms with Crippen LogP contribution in [-0.2, 0) is 15.7 Å². The Labute approximate surface area is 169 Å². The largest absolute Gasteiger partial charge is 0.466 e. The average molecular weight is 437 g/mol. The lowest BCUT2D eigenvalue weighted by atomic mass is 10.2. The molecule has 0 aliphatic heterocycles. The van der Waals surface area contributed by atoms with Gasteiger partial charge in [0.15, 0.2) is 0 Å². The summed E-state index contributed by atoms with van der Waals surface area (Å²) in [6, 6.07) is 4.61. The van der Waals surface area contributed by atoms with Gasteiger partial charge in [-0.3, -0.25) is 4.79 Å². The molecule has 2 rings (SSSR count). The van der Waals surface area contributed by atoms with E-state index in [4.69, 9.17) is 27.9 Å². The number of aromatic nitrogens is 2. The van der Waals surface area contributed by atoms with Crippen LogP contribution in [0.5, 0.6) is 0 Å². The highest BCUT2D eigenvalue weighted by Gasteiger charge is 2.35. The highest BCUT2D eigenvalue weighted by atomic mass is 35.5. The third-order valence-electron chi connectivity index (χ3n) is 3.43. The quantitative estimate of drug-likeness (QED) is 0.431. The van der Waals surface area contributed by atoms with Gasteiger partial charge in [0.2, 0.25) is 5.95 Å². The van der Waals surface area contributed by atoms with Crippen molar-refractivity contribution in [3.8, 4) is 0 Å². The Morgan fingerprint density at radius 1 is 1.25 bits per heavy atom. The predicted octanol–water partition coefficient (Wildman–Crippen LogP) is 5.30. The summed E-state index contributed by atoms with van der Waals surface area (Å²) in [5.74, 6) is -0.863. The highest BCUT2D eigenvalue weighted by molar-refractivity contribution is 6.42. The lowest BCUT2D eigenvalue weighted by Gasteiger charge is -2.15. The number of ether oxygens (including phenoxy) is 1. The van der Waals surface area contributed by atoms with Crippen LogP contribution in [0.25, 0.3) is 0 Å². The van der Waals surface area contributed by atoms with E-state index in [9.17, 15) is 18.0 Å². The molecule has 11 heteroatoms. The highest BCUT2D eigenvalue weighted by Crippen LogP contribution is 2.34. The molecule has 2 N–H and O–H groups in total. The maximum atomic E-state index is 13.2. The molecule has 0 saturated heterocycles. The lowest BCUT2D eigenvalue weighted by Crippen LogP contribution is -2.16. The Balaban J connectivity index is 2.13. The van der Waals surface area contributed by atoms with Gasteiger partial charge in [0.05, 0.1) is 16.7 Å². The molecular weight excluding hydrogens is 420 g/mol. The van der Waals surface area contributed by atoms with Gasteiger partial charge in [-0.1, -0.05) is 23.2 Å². The van der Waals surface area contributed by atoms with Crippen LogP contribution in [-0.4, -0.2) is 29.1 Å². The van der Waals surface area contributed by atoms with E-state index < -0.39 is 23.5 Å². The summed E-state index contributed by atoms with van der Waals surface area (Å²) in [4.78, 5) is 18.9. The molecule has 1 aromatic carbocycles. The fourth-order valence-electron chi connectivity index (χ4n) is 2.16. The number of hydrogen-bond donors (Lipinski definition) is 2. The Morgan fingerprint density at radius 3 is 2.64 bits per heavy atom. The van der Waals surface area contributed by atoms with E-state index in [1.165, 1.54) is 12.1 Å². The summed E-state index contributed by atoms with van der Waals surface area (Å²) >= 11 is 11.8. The van der Waals surface area contributed by atoms with Crippen molar-refractivity contribution in [3.63, 3.8) is 0 Å². The van der Waals surface area contributed by atoms with E-state index in [1.807, 2.05) is 0 Å². The Bertz CT molecular complexity index is 835. The molecule has 2 aromatic rings. The number of anilines is 3. The van der Waals surface area contributed by atoms with Crippen LogP contribution in [0.2, 0.25) is 10.0 Å². The molecule has 0 aliphatic rings. The van der Waals surface area contributed by atoms with E-state index in [2.05, 4.69) is 20.6 Å². The van der Waals surface area contributed by atoms with Crippen LogP contribution < -0.4 is 10.6 Å². The summed E-state index contributed by atoms with van der Waals surface area (Å²) < 4.78 is 44.4. The van der Waals surface area contributed by atoms with Gasteiger partial charge in [0, 0.05) is 24.8 Å². The number of nitrogens with one attached hydrogen (secondary N) is 2. The molecule has 0 atom stereocenters. The van der Waals surface area contributed by atoms with Crippen molar-refractivity contribution in [3.05, 3.63) is 40.0 Å². The maximum Gasteiger partial charge on any atom is 0.421 e. The monoisotopic (exact) mass is 436 g/mol. The molecule has 0 unspecified atom stereocenters. The minimum Gasteiger partial charge on any atom is -0.466 e. The van der Waals surface area contributed by atoms with Gasteiger partial charge in [0.25, 0.3) is 0 Å². The minimum absolute atomic E-state index is 0.0562. The van der Waals surface area contributed by atoms with Crippen LogP contribution in [0, 0.1) is 0 Å². The van der Waals surface area contributed by atoms with Gasteiger partial charge in [-0.25, -0.2) is 4.98 Å². The Kier molecular flexibility index (Phi) is 7.70. The molecule has 0 aliphatic carbocycles. The van der Waals surface area contributed by atoms with Crippen molar-refractivity contribution in [2.45, 2.75) is 25.9 Å². The number of halogens is 5. The fraction of sp³-hybridized carbons (Fsp3) is 0.353. The van der Waals surface area contributed by atoms with E-state index >= 15 is 0 Å². The number of alkyl halides is 3. The second-order valence-electron chi connectivity index (χ2n) is 5.54. The summed E-state index contributed by atoms with van der Waals surface area (Å²) in [7, 11) is 0. The van der Waals surface area contributed by atoms with Crippen LogP contribution in [0.1, 0.15) is 25.3 Å². The van der Waals surface area contributed by atoms with E-state index in [-0.39, 0.29) is 37.0 Å². The third kappa shape index (κ3) is 6.42. The number of nitrogens with zero attached hydrogens (tertiary/aromatic N) is 2. The summed E-state index contributed by atoms with van der Waals surface area (Å²) in [5, 5.41) is 5.98. The van der Waals surface area contributed by atoms with Crippen molar-refractivity contribution in [2.75, 3.05) is 23.8 Å². The number of benzene rings is 1. The van der Waals surface area contributed by atoms with Crippen LogP contribution in [0.15, 0.2) is 24.4 Å². The van der Waals surface area contributed by atoms with Crippen molar-refractivity contribution in [1.29, 1.82) is 0 Å². The number of rotatable bonds is 8. The van der Waals surface area contributed by atoms with Gasteiger partial charge in [-0.05, 0) is 31.5 Å². The smallest absolute Gasteiger partial charge is 0.421 e. The van der Waals surface area contributed by atoms with Crippen molar-refractivity contribution >= 4 is 46.6 Å². The first-order chi connectivity index (χ1) is 13.2. The van der Waals surface area contributed by atoms with Gasteiger partial charge in [-0.2, -0.15) is 18.2 Å². The van der Waals surface area contributed by atoms with Gasteiger partial charge in [-0.15, -0.1) is 0 Å². The molecule has 0 spiro atoms. The van der Waals surface area contributed by atoms with Gasteiger partial charge >= 0.3 is 12.1 Å². The van der Waals surface area contributed by atoms with Crippen molar-refractivity contribution in [1.82, 2.24) is 9.97 Å². The molecule has 1 heterocycles. The third-order valence-corrected chi connectivity index (χ3v) is 4.16. The standard InChI is InChI=1S/C17H17Cl2F3N4O2/c1-2-28-14(27)4-3-7-23-15-11(17(20,21)22)9-24-16(26-15)25-10-5-6-12(18)13(19)8-10/h5-6,8-9H,2-4,7H2,1H3,(H2,23,24,25,26). The maximum absolute atomic E-state index is 13.2. The summed E-state index contributed by atoms with van der Waals surface area (Å²) in [5.41, 5.74) is -0.550. The second kappa shape index (κ2) is 9.79. The van der Waals surface area contributed by atoms with E-state index in [0.717, 1.165) is 0 Å². The number of carbonyl (C=O) groups excluding carboxylic acids is 1. The number of esters is 1. The first kappa shape index (κ1) is 22.0. The molecule has 0 amide bonds. The topological polar surface area (TPSA) is 76.1 Å². The second-order valence-corrected chi connectivity index (χ2v) is 6.36. The minimum atomic E-state index is -4.63. The first-order valence-electron chi connectivity index (χ1n) is 8.26. The van der Waals surface area contributed by atoms with E-state index in [1.54, 1.807) is 13.0 Å². The first-order valence-corrected chi connectivity index (χ1v) is 9.02. The Hall–Kier alpha value is -2.26. The molecule has 6 nitrogen and oxygen atoms in total. The van der Waals surface area contributed by atoms with Crippen molar-refractivity contribution < 1.29 is 22.7 Å². The molecule has 1 aromatic heterocycles. The molecule has 0 radical (unpaired) electrons. The van der Waals surface area contributed by atoms with Gasteiger partial charge in [0.1, 0.15) is 11.4 Å². The molecule has 28 heavy (non-hydrogen) atoms. The molecular formula is C17H17Cl2F3N4O2. The zero-order chi connectivity index (χ0) is 20.7. The van der Waals surface area contributed by atoms with E-state index in [0.29, 0.717) is 16.9 Å². The van der Waals surface area contributed by atoms with Crippen LogP contribution in [0.3, 0.4) is 0 Å². The normalized spacial score (nSPS) is 11.2. The number of hydrogen-bond acceptors (Lipinski definition) is 6. The fourth-order valence-corrected chi connectivity index (χ4v) is 2.46. The Morgan fingerprint density at radius 2 is 2.00 bits per heavy atom. The van der Waals surface area contributed by atoms with Gasteiger partial charge < -0.3 is 15.4 Å². The molecule has 0 saturated carbocycles. The van der Waals surface area contributed by atoms with Crippen LogP contribution in [0.4, 0.5) is 30.6 Å². The molecule has 0 fully saturated rings. The molecule has 152 valence electrons. The van der Waals surface area contributed by atoms with Crippen LogP contribution >= 0.6 is 23.2 Å². The number of carbonyl (C=O) groups is 1.